The van der Waals surface area contributed by atoms with Crippen LogP contribution in [0, 0.1) is 0 Å². The van der Waals surface area contributed by atoms with Crippen LogP contribution in [0.1, 0.15) is 11.1 Å². The highest BCUT2D eigenvalue weighted by Crippen LogP contribution is 2.26. The average molecular weight is 260 g/mol. The maximum atomic E-state index is 9.55. The molecule has 0 bridgehead atoms. The number of aromatic hydroxyl groups is 3. The molecule has 0 aromatic heterocycles. The Bertz CT molecular complexity index is 578. The van der Waals surface area contributed by atoms with Crippen LogP contribution in [0.3, 0.4) is 0 Å². The third-order valence-electron chi connectivity index (χ3n) is 2.93. The van der Waals surface area contributed by atoms with Crippen LogP contribution in [0.2, 0.25) is 0 Å². The number of hydrogen-bond donors (Lipinski definition) is 3. The molecule has 0 unspecified atom stereocenters. The molecule has 4 nitrogen and oxygen atoms in total. The zero-order valence-corrected chi connectivity index (χ0v) is 10.6. The quantitative estimate of drug-likeness (QED) is 0.739. The van der Waals surface area contributed by atoms with Crippen LogP contribution in [0.4, 0.5) is 0 Å². The highest BCUT2D eigenvalue weighted by Gasteiger charge is 2.04. The molecule has 0 radical (unpaired) electrons. The van der Waals surface area contributed by atoms with Crippen LogP contribution in [0.25, 0.3) is 0 Å². The number of hydrogen-bond acceptors (Lipinski definition) is 4. The van der Waals surface area contributed by atoms with Crippen molar-refractivity contribution in [3.8, 4) is 23.0 Å². The van der Waals surface area contributed by atoms with Gasteiger partial charge in [0.15, 0.2) is 11.5 Å². The van der Waals surface area contributed by atoms with Crippen LogP contribution < -0.4 is 4.74 Å². The van der Waals surface area contributed by atoms with E-state index in [1.807, 2.05) is 6.07 Å². The predicted octanol–water partition coefficient (Wildman–Crippen LogP) is 2.60. The molecule has 0 aliphatic heterocycles. The Balaban J connectivity index is 2.09. The van der Waals surface area contributed by atoms with E-state index in [9.17, 15) is 15.3 Å². The molecule has 0 aliphatic carbocycles. The fourth-order valence-electron chi connectivity index (χ4n) is 1.92. The van der Waals surface area contributed by atoms with E-state index in [2.05, 4.69) is 0 Å². The number of aryl methyl sites for hydroxylation is 2. The van der Waals surface area contributed by atoms with Crippen molar-refractivity contribution < 1.29 is 20.1 Å². The van der Waals surface area contributed by atoms with Gasteiger partial charge in [0.25, 0.3) is 0 Å². The summed E-state index contributed by atoms with van der Waals surface area (Å²) in [5, 5.41) is 28.2. The minimum Gasteiger partial charge on any atom is -0.508 e. The summed E-state index contributed by atoms with van der Waals surface area (Å²) < 4.78 is 5.09. The summed E-state index contributed by atoms with van der Waals surface area (Å²) in [5.41, 5.74) is 1.86. The highest BCUT2D eigenvalue weighted by molar-refractivity contribution is 5.41. The van der Waals surface area contributed by atoms with Crippen LogP contribution in [-0.2, 0) is 12.8 Å². The van der Waals surface area contributed by atoms with Gasteiger partial charge in [0.05, 0.1) is 7.11 Å². The SMILES string of the molecule is COc1cc(O)cc(CCc2ccc(O)c(O)c2)c1. The van der Waals surface area contributed by atoms with E-state index in [1.165, 1.54) is 12.1 Å². The maximum Gasteiger partial charge on any atom is 0.157 e. The minimum absolute atomic E-state index is 0.119. The van der Waals surface area contributed by atoms with E-state index in [0.717, 1.165) is 11.1 Å². The summed E-state index contributed by atoms with van der Waals surface area (Å²) in [7, 11) is 1.55. The van der Waals surface area contributed by atoms with E-state index >= 15 is 0 Å². The van der Waals surface area contributed by atoms with E-state index in [4.69, 9.17) is 4.74 Å². The smallest absolute Gasteiger partial charge is 0.157 e. The maximum absolute atomic E-state index is 9.55. The van der Waals surface area contributed by atoms with Gasteiger partial charge in [-0.2, -0.15) is 0 Å². The number of methoxy groups -OCH3 is 1. The van der Waals surface area contributed by atoms with Gasteiger partial charge in [-0.25, -0.2) is 0 Å². The largest absolute Gasteiger partial charge is 0.508 e. The Hall–Kier alpha value is -2.36. The first-order valence-electron chi connectivity index (χ1n) is 5.96. The summed E-state index contributed by atoms with van der Waals surface area (Å²) in [6.07, 6.45) is 1.40. The van der Waals surface area contributed by atoms with Crippen molar-refractivity contribution in [1.82, 2.24) is 0 Å². The van der Waals surface area contributed by atoms with Crippen molar-refractivity contribution in [2.24, 2.45) is 0 Å². The van der Waals surface area contributed by atoms with Crippen LogP contribution in [0.5, 0.6) is 23.0 Å². The van der Waals surface area contributed by atoms with Crippen molar-refractivity contribution in [3.05, 3.63) is 47.5 Å². The lowest BCUT2D eigenvalue weighted by Gasteiger charge is -2.07. The van der Waals surface area contributed by atoms with Gasteiger partial charge in [-0.15, -0.1) is 0 Å². The second-order valence-corrected chi connectivity index (χ2v) is 4.36. The van der Waals surface area contributed by atoms with Gasteiger partial charge in [-0.3, -0.25) is 0 Å². The molecule has 100 valence electrons. The van der Waals surface area contributed by atoms with Gasteiger partial charge in [-0.05, 0) is 48.2 Å². The summed E-state index contributed by atoms with van der Waals surface area (Å²) in [6.45, 7) is 0. The molecule has 4 heteroatoms. The number of phenols is 3. The number of rotatable bonds is 4. The Morgan fingerprint density at radius 2 is 1.58 bits per heavy atom. The van der Waals surface area contributed by atoms with Crippen LogP contribution in [0.15, 0.2) is 36.4 Å². The predicted molar refractivity (Wildman–Crippen MR) is 71.8 cm³/mol. The van der Waals surface area contributed by atoms with Crippen LogP contribution >= 0.6 is 0 Å². The Morgan fingerprint density at radius 1 is 0.842 bits per heavy atom. The Morgan fingerprint density at radius 3 is 2.26 bits per heavy atom. The third kappa shape index (κ3) is 3.31. The zero-order valence-electron chi connectivity index (χ0n) is 10.6. The standard InChI is InChI=1S/C15H16O4/c1-19-13-7-11(6-12(16)9-13)3-2-10-4-5-14(17)15(18)8-10/h4-9,16-18H,2-3H2,1H3. The van der Waals surface area contributed by atoms with Crippen molar-refractivity contribution in [3.63, 3.8) is 0 Å². The Labute approximate surface area is 111 Å². The summed E-state index contributed by atoms with van der Waals surface area (Å²) in [4.78, 5) is 0. The van der Waals surface area contributed by atoms with Crippen LogP contribution in [-0.4, -0.2) is 22.4 Å². The average Bonchev–Trinajstić information content (AvgIpc) is 2.39. The molecule has 2 aromatic carbocycles. The lowest BCUT2D eigenvalue weighted by atomic mass is 10.0. The number of benzene rings is 2. The lowest BCUT2D eigenvalue weighted by Crippen LogP contribution is -1.92. The highest BCUT2D eigenvalue weighted by atomic mass is 16.5. The minimum atomic E-state index is -0.122. The van der Waals surface area contributed by atoms with Crippen molar-refractivity contribution in [2.45, 2.75) is 12.8 Å². The third-order valence-corrected chi connectivity index (χ3v) is 2.93. The molecule has 0 aliphatic rings. The zero-order chi connectivity index (χ0) is 13.8. The first-order chi connectivity index (χ1) is 9.08. The molecule has 0 amide bonds. The molecule has 3 N–H and O–H groups in total. The van der Waals surface area contributed by atoms with E-state index in [0.29, 0.717) is 18.6 Å². The Kier molecular flexibility index (Phi) is 3.80. The second-order valence-electron chi connectivity index (χ2n) is 4.36. The van der Waals surface area contributed by atoms with Gasteiger partial charge >= 0.3 is 0 Å². The summed E-state index contributed by atoms with van der Waals surface area (Å²) in [6, 6.07) is 9.86. The van der Waals surface area contributed by atoms with E-state index in [-0.39, 0.29) is 17.2 Å². The molecule has 19 heavy (non-hydrogen) atoms. The number of ether oxygens (including phenoxy) is 1. The fraction of sp³-hybridized carbons (Fsp3) is 0.200. The second kappa shape index (κ2) is 5.52. The monoisotopic (exact) mass is 260 g/mol. The molecule has 2 rings (SSSR count). The van der Waals surface area contributed by atoms with Gasteiger partial charge in [0.1, 0.15) is 11.5 Å². The fourth-order valence-corrected chi connectivity index (χ4v) is 1.92. The lowest BCUT2D eigenvalue weighted by molar-refractivity contribution is 0.403. The molecule has 0 spiro atoms. The van der Waals surface area contributed by atoms with Crippen molar-refractivity contribution in [2.75, 3.05) is 7.11 Å². The molecule has 2 aromatic rings. The molecule has 0 heterocycles. The van der Waals surface area contributed by atoms with E-state index in [1.54, 1.807) is 25.3 Å². The molecule has 0 fully saturated rings. The summed E-state index contributed by atoms with van der Waals surface area (Å²) in [5.74, 6) is 0.542. The van der Waals surface area contributed by atoms with Crippen molar-refractivity contribution in [1.29, 1.82) is 0 Å². The van der Waals surface area contributed by atoms with E-state index < -0.39 is 0 Å². The number of phenolic OH excluding ortho intramolecular Hbond substituents is 3. The van der Waals surface area contributed by atoms with Gasteiger partial charge < -0.3 is 20.1 Å². The normalized spacial score (nSPS) is 10.4. The molecular weight excluding hydrogens is 244 g/mol. The van der Waals surface area contributed by atoms with Crippen molar-refractivity contribution >= 4 is 0 Å². The first kappa shape index (κ1) is 13.1. The summed E-state index contributed by atoms with van der Waals surface area (Å²) >= 11 is 0. The molecule has 0 atom stereocenters. The van der Waals surface area contributed by atoms with Gasteiger partial charge in [0.2, 0.25) is 0 Å². The van der Waals surface area contributed by atoms with Gasteiger partial charge in [-0.1, -0.05) is 6.07 Å². The molecular formula is C15H16O4. The topological polar surface area (TPSA) is 69.9 Å². The van der Waals surface area contributed by atoms with Gasteiger partial charge in [0, 0.05) is 6.07 Å². The first-order valence-corrected chi connectivity index (χ1v) is 5.96. The molecule has 0 saturated carbocycles. The molecule has 0 saturated heterocycles.